The molecule has 114 valence electrons. The first-order chi connectivity index (χ1) is 8.65. The zero-order valence-corrected chi connectivity index (χ0v) is 12.5. The molecule has 1 aliphatic rings. The highest BCUT2D eigenvalue weighted by molar-refractivity contribution is 4.94. The molecule has 1 heterocycles. The van der Waals surface area contributed by atoms with Crippen molar-refractivity contribution in [2.24, 2.45) is 5.92 Å². The number of rotatable bonds is 5. The molecule has 0 saturated carbocycles. The molecular formula is C14H27F3N2. The highest BCUT2D eigenvalue weighted by Crippen LogP contribution is 2.26. The van der Waals surface area contributed by atoms with Crippen LogP contribution < -0.4 is 5.32 Å². The molecule has 0 aromatic heterocycles. The number of halogens is 3. The Labute approximate surface area is 114 Å². The summed E-state index contributed by atoms with van der Waals surface area (Å²) >= 11 is 0. The minimum Gasteiger partial charge on any atom is -0.309 e. The van der Waals surface area contributed by atoms with Gasteiger partial charge in [-0.1, -0.05) is 20.8 Å². The van der Waals surface area contributed by atoms with E-state index in [1.807, 2.05) is 4.90 Å². The van der Waals surface area contributed by atoms with Gasteiger partial charge in [0, 0.05) is 31.2 Å². The van der Waals surface area contributed by atoms with E-state index in [1.54, 1.807) is 0 Å². The second-order valence-corrected chi connectivity index (χ2v) is 6.41. The SMILES string of the molecule is CCC1(C)CN(CCC(F)(F)F)C(CC(C)C)CN1. The van der Waals surface area contributed by atoms with Crippen LogP contribution >= 0.6 is 0 Å². The van der Waals surface area contributed by atoms with E-state index in [-0.39, 0.29) is 18.1 Å². The fraction of sp³-hybridized carbons (Fsp3) is 1.00. The lowest BCUT2D eigenvalue weighted by Crippen LogP contribution is -2.63. The molecule has 1 aliphatic heterocycles. The number of nitrogens with one attached hydrogen (secondary N) is 1. The largest absolute Gasteiger partial charge is 0.390 e. The first kappa shape index (κ1) is 16.8. The monoisotopic (exact) mass is 280 g/mol. The van der Waals surface area contributed by atoms with Gasteiger partial charge in [0.05, 0.1) is 6.42 Å². The van der Waals surface area contributed by atoms with Gasteiger partial charge in [-0.05, 0) is 25.7 Å². The lowest BCUT2D eigenvalue weighted by molar-refractivity contribution is -0.141. The molecule has 0 spiro atoms. The van der Waals surface area contributed by atoms with Crippen LogP contribution in [0.25, 0.3) is 0 Å². The zero-order valence-electron chi connectivity index (χ0n) is 12.5. The van der Waals surface area contributed by atoms with E-state index >= 15 is 0 Å². The Morgan fingerprint density at radius 2 is 2.00 bits per heavy atom. The van der Waals surface area contributed by atoms with Crippen LogP contribution in [0.15, 0.2) is 0 Å². The average molecular weight is 280 g/mol. The van der Waals surface area contributed by atoms with E-state index < -0.39 is 12.6 Å². The van der Waals surface area contributed by atoms with E-state index in [4.69, 9.17) is 0 Å². The molecule has 5 heteroatoms. The van der Waals surface area contributed by atoms with E-state index in [0.29, 0.717) is 12.5 Å². The predicted octanol–water partition coefficient (Wildman–Crippen LogP) is 3.43. The Morgan fingerprint density at radius 1 is 1.37 bits per heavy atom. The van der Waals surface area contributed by atoms with Gasteiger partial charge in [0.1, 0.15) is 0 Å². The van der Waals surface area contributed by atoms with Crippen molar-refractivity contribution in [3.05, 3.63) is 0 Å². The van der Waals surface area contributed by atoms with Gasteiger partial charge in [-0.3, -0.25) is 4.90 Å². The van der Waals surface area contributed by atoms with Crippen molar-refractivity contribution in [1.82, 2.24) is 10.2 Å². The zero-order chi connectivity index (χ0) is 14.7. The Balaban J connectivity index is 2.65. The van der Waals surface area contributed by atoms with Crippen molar-refractivity contribution in [3.63, 3.8) is 0 Å². The number of piperazine rings is 1. The van der Waals surface area contributed by atoms with Gasteiger partial charge in [-0.15, -0.1) is 0 Å². The van der Waals surface area contributed by atoms with Crippen LogP contribution in [-0.2, 0) is 0 Å². The van der Waals surface area contributed by atoms with Crippen LogP contribution in [0.1, 0.15) is 47.0 Å². The molecule has 0 radical (unpaired) electrons. The topological polar surface area (TPSA) is 15.3 Å². The summed E-state index contributed by atoms with van der Waals surface area (Å²) < 4.78 is 37.3. The van der Waals surface area contributed by atoms with Gasteiger partial charge in [0.2, 0.25) is 0 Å². The molecule has 0 bridgehead atoms. The lowest BCUT2D eigenvalue weighted by atomic mass is 9.90. The summed E-state index contributed by atoms with van der Waals surface area (Å²) in [5, 5.41) is 3.50. The summed E-state index contributed by atoms with van der Waals surface area (Å²) in [6.45, 7) is 10.0. The second kappa shape index (κ2) is 6.44. The first-order valence-corrected chi connectivity index (χ1v) is 7.21. The third kappa shape index (κ3) is 5.69. The molecule has 2 unspecified atom stereocenters. The Bertz CT molecular complexity index is 278. The number of nitrogens with zero attached hydrogens (tertiary/aromatic N) is 1. The maximum absolute atomic E-state index is 12.4. The minimum absolute atomic E-state index is 0.0565. The molecule has 1 rings (SSSR count). The van der Waals surface area contributed by atoms with E-state index in [9.17, 15) is 13.2 Å². The third-order valence-electron chi connectivity index (χ3n) is 4.04. The Kier molecular flexibility index (Phi) is 5.68. The summed E-state index contributed by atoms with van der Waals surface area (Å²) in [6.07, 6.45) is -2.88. The molecule has 1 saturated heterocycles. The maximum atomic E-state index is 12.4. The van der Waals surface area contributed by atoms with Crippen LogP contribution in [0.3, 0.4) is 0 Å². The highest BCUT2D eigenvalue weighted by atomic mass is 19.4. The molecule has 0 aliphatic carbocycles. The third-order valence-corrected chi connectivity index (χ3v) is 4.04. The van der Waals surface area contributed by atoms with Crippen molar-refractivity contribution in [1.29, 1.82) is 0 Å². The van der Waals surface area contributed by atoms with E-state index in [2.05, 4.69) is 33.0 Å². The summed E-state index contributed by atoms with van der Waals surface area (Å²) in [5.41, 5.74) is -0.0565. The summed E-state index contributed by atoms with van der Waals surface area (Å²) in [6, 6.07) is 0.224. The van der Waals surface area contributed by atoms with Crippen molar-refractivity contribution in [3.8, 4) is 0 Å². The molecule has 0 aromatic rings. The van der Waals surface area contributed by atoms with Gasteiger partial charge < -0.3 is 5.32 Å². The van der Waals surface area contributed by atoms with E-state index in [0.717, 1.165) is 19.4 Å². The van der Waals surface area contributed by atoms with Crippen molar-refractivity contribution in [2.45, 2.75) is 64.7 Å². The molecule has 1 N–H and O–H groups in total. The van der Waals surface area contributed by atoms with Crippen molar-refractivity contribution in [2.75, 3.05) is 19.6 Å². The predicted molar refractivity (Wildman–Crippen MR) is 72.2 cm³/mol. The molecular weight excluding hydrogens is 253 g/mol. The maximum Gasteiger partial charge on any atom is 0.390 e. The fourth-order valence-corrected chi connectivity index (χ4v) is 2.67. The Hall–Kier alpha value is -0.290. The van der Waals surface area contributed by atoms with E-state index in [1.165, 1.54) is 0 Å². The summed E-state index contributed by atoms with van der Waals surface area (Å²) in [4.78, 5) is 2.04. The minimum atomic E-state index is -4.06. The molecule has 1 fully saturated rings. The Morgan fingerprint density at radius 3 is 2.47 bits per heavy atom. The van der Waals surface area contributed by atoms with Crippen molar-refractivity contribution >= 4 is 0 Å². The second-order valence-electron chi connectivity index (χ2n) is 6.41. The van der Waals surface area contributed by atoms with Crippen LogP contribution in [-0.4, -0.2) is 42.3 Å². The lowest BCUT2D eigenvalue weighted by Gasteiger charge is -2.46. The van der Waals surface area contributed by atoms with Crippen LogP contribution in [0.2, 0.25) is 0 Å². The van der Waals surface area contributed by atoms with Crippen LogP contribution in [0, 0.1) is 5.92 Å². The summed E-state index contributed by atoms with van der Waals surface area (Å²) in [5.74, 6) is 0.506. The normalized spacial score (nSPS) is 30.0. The molecule has 2 atom stereocenters. The quantitative estimate of drug-likeness (QED) is 0.830. The fourth-order valence-electron chi connectivity index (χ4n) is 2.67. The van der Waals surface area contributed by atoms with Gasteiger partial charge in [-0.2, -0.15) is 13.2 Å². The van der Waals surface area contributed by atoms with Gasteiger partial charge >= 0.3 is 6.18 Å². The van der Waals surface area contributed by atoms with Crippen LogP contribution in [0.5, 0.6) is 0 Å². The van der Waals surface area contributed by atoms with Gasteiger partial charge in [-0.25, -0.2) is 0 Å². The number of hydrogen-bond donors (Lipinski definition) is 1. The van der Waals surface area contributed by atoms with Crippen LogP contribution in [0.4, 0.5) is 13.2 Å². The highest BCUT2D eigenvalue weighted by Gasteiger charge is 2.36. The average Bonchev–Trinajstić information content (AvgIpc) is 2.28. The number of alkyl halides is 3. The smallest absolute Gasteiger partial charge is 0.309 e. The van der Waals surface area contributed by atoms with Gasteiger partial charge in [0.15, 0.2) is 0 Å². The molecule has 19 heavy (non-hydrogen) atoms. The molecule has 0 amide bonds. The van der Waals surface area contributed by atoms with Crippen molar-refractivity contribution < 1.29 is 13.2 Å². The summed E-state index contributed by atoms with van der Waals surface area (Å²) in [7, 11) is 0. The standard InChI is InChI=1S/C14H27F3N2/c1-5-13(4)10-19(7-6-14(15,16)17)12(9-18-13)8-11(2)3/h11-12,18H,5-10H2,1-4H3. The van der Waals surface area contributed by atoms with Gasteiger partial charge in [0.25, 0.3) is 0 Å². The molecule has 0 aromatic carbocycles. The first-order valence-electron chi connectivity index (χ1n) is 7.21. The molecule has 2 nitrogen and oxygen atoms in total. The number of hydrogen-bond acceptors (Lipinski definition) is 2.